The van der Waals surface area contributed by atoms with Gasteiger partial charge in [0.05, 0.1) is 4.83 Å². The Balaban J connectivity index is 3.21. The van der Waals surface area contributed by atoms with Crippen LogP contribution in [0.3, 0.4) is 0 Å². The molecule has 0 aliphatic heterocycles. The summed E-state index contributed by atoms with van der Waals surface area (Å²) in [5, 5.41) is 0. The molecule has 0 saturated carbocycles. The molecule has 16 heavy (non-hydrogen) atoms. The molecule has 0 amide bonds. The van der Waals surface area contributed by atoms with Gasteiger partial charge in [0, 0.05) is 0 Å². The first kappa shape index (κ1) is 16.8. The maximum Gasteiger partial charge on any atom is 0.313 e. The highest BCUT2D eigenvalue weighted by Crippen LogP contribution is 2.34. The number of hydrogen-bond donors (Lipinski definition) is 0. The second-order valence-electron chi connectivity index (χ2n) is 4.27. The number of hydrogen-bond acceptors (Lipinski definition) is 0. The molecule has 0 N–H and O–H groups in total. The monoisotopic (exact) mass is 362 g/mol. The summed E-state index contributed by atoms with van der Waals surface area (Å²) in [6, 6.07) is 0. The summed E-state index contributed by atoms with van der Waals surface area (Å²) in [6.45, 7) is 2.20. The smallest absolute Gasteiger partial charge is 0.193 e. The predicted molar refractivity (Wildman–Crippen MR) is 73.8 cm³/mol. The van der Waals surface area contributed by atoms with E-state index in [1.165, 1.54) is 38.5 Å². The van der Waals surface area contributed by atoms with Crippen molar-refractivity contribution in [3.63, 3.8) is 0 Å². The second kappa shape index (κ2) is 9.81. The summed E-state index contributed by atoms with van der Waals surface area (Å²) >= 11 is 5.38. The van der Waals surface area contributed by atoms with Gasteiger partial charge in [-0.05, 0) is 22.4 Å². The summed E-state index contributed by atoms with van der Waals surface area (Å²) in [4.78, 5) is -3.51. The van der Waals surface area contributed by atoms with Gasteiger partial charge in [-0.3, -0.25) is 0 Å². The lowest BCUT2D eigenvalue weighted by molar-refractivity contribution is 0.110. The molecule has 0 spiro atoms. The highest BCUT2D eigenvalue weighted by atomic mass is 79.9. The molecule has 0 heterocycles. The molecule has 0 radical (unpaired) electrons. The van der Waals surface area contributed by atoms with Crippen LogP contribution in [0.4, 0.5) is 8.78 Å². The first-order chi connectivity index (χ1) is 7.48. The van der Waals surface area contributed by atoms with Gasteiger partial charge < -0.3 is 0 Å². The van der Waals surface area contributed by atoms with Crippen molar-refractivity contribution >= 4 is 31.9 Å². The fourth-order valence-electron chi connectivity index (χ4n) is 1.62. The van der Waals surface area contributed by atoms with E-state index in [1.807, 2.05) is 0 Å². The van der Waals surface area contributed by atoms with E-state index < -0.39 is 9.66 Å². The van der Waals surface area contributed by atoms with Crippen LogP contribution in [-0.4, -0.2) is 9.66 Å². The molecule has 0 aromatic heterocycles. The zero-order valence-corrected chi connectivity index (χ0v) is 13.1. The van der Waals surface area contributed by atoms with E-state index in [2.05, 4.69) is 38.8 Å². The molecular formula is C12H22Br2F2. The third-order valence-corrected chi connectivity index (χ3v) is 4.87. The lowest BCUT2D eigenvalue weighted by atomic mass is 10.1. The Morgan fingerprint density at radius 1 is 0.938 bits per heavy atom. The van der Waals surface area contributed by atoms with Crippen LogP contribution in [0, 0.1) is 0 Å². The average Bonchev–Trinajstić information content (AvgIpc) is 2.20. The van der Waals surface area contributed by atoms with Crippen LogP contribution in [0.15, 0.2) is 0 Å². The van der Waals surface area contributed by atoms with Gasteiger partial charge in [0.25, 0.3) is 0 Å². The number of halogens is 4. The first-order valence-electron chi connectivity index (χ1n) is 6.19. The molecule has 0 aromatic carbocycles. The highest BCUT2D eigenvalue weighted by molar-refractivity contribution is 9.12. The Morgan fingerprint density at radius 3 is 1.81 bits per heavy atom. The number of alkyl halides is 4. The normalized spacial score (nSPS) is 14.1. The molecule has 0 aliphatic carbocycles. The third-order valence-electron chi connectivity index (χ3n) is 2.67. The maximum absolute atomic E-state index is 12.7. The van der Waals surface area contributed by atoms with Crippen molar-refractivity contribution in [1.29, 1.82) is 0 Å². The second-order valence-corrected chi connectivity index (χ2v) is 6.44. The molecule has 1 unspecified atom stereocenters. The van der Waals surface area contributed by atoms with Gasteiger partial charge in [0.2, 0.25) is 0 Å². The van der Waals surface area contributed by atoms with Gasteiger partial charge in [-0.2, -0.15) is 8.78 Å². The van der Waals surface area contributed by atoms with Gasteiger partial charge in [0.1, 0.15) is 0 Å². The summed E-state index contributed by atoms with van der Waals surface area (Å²) < 4.78 is 25.4. The van der Waals surface area contributed by atoms with E-state index in [0.29, 0.717) is 6.42 Å². The van der Waals surface area contributed by atoms with Crippen LogP contribution in [0.2, 0.25) is 0 Å². The molecular weight excluding hydrogens is 342 g/mol. The average molecular weight is 364 g/mol. The molecule has 0 aromatic rings. The molecule has 1 atom stereocenters. The summed E-state index contributed by atoms with van der Waals surface area (Å²) in [5.41, 5.74) is 0. The van der Waals surface area contributed by atoms with Crippen LogP contribution in [-0.2, 0) is 0 Å². The Labute approximate surface area is 115 Å². The van der Waals surface area contributed by atoms with E-state index >= 15 is 0 Å². The van der Waals surface area contributed by atoms with Crippen LogP contribution < -0.4 is 0 Å². The minimum atomic E-state index is -2.77. The molecule has 0 nitrogen and oxygen atoms in total. The molecule has 4 heteroatoms. The van der Waals surface area contributed by atoms with E-state index in [1.54, 1.807) is 0 Å². The highest BCUT2D eigenvalue weighted by Gasteiger charge is 2.33. The van der Waals surface area contributed by atoms with Gasteiger partial charge in [-0.15, -0.1) is 0 Å². The third kappa shape index (κ3) is 10.0. The molecule has 98 valence electrons. The molecule has 0 fully saturated rings. The number of unbranched alkanes of at least 4 members (excludes halogenated alkanes) is 7. The zero-order valence-electron chi connectivity index (χ0n) is 9.95. The van der Waals surface area contributed by atoms with Gasteiger partial charge in [0.15, 0.2) is 0 Å². The van der Waals surface area contributed by atoms with Crippen molar-refractivity contribution in [2.45, 2.75) is 74.4 Å². The van der Waals surface area contributed by atoms with Crippen LogP contribution >= 0.6 is 31.9 Å². The van der Waals surface area contributed by atoms with Gasteiger partial charge >= 0.3 is 4.83 Å². The van der Waals surface area contributed by atoms with Crippen LogP contribution in [0.25, 0.3) is 0 Å². The minimum absolute atomic E-state index is 0.535. The Bertz CT molecular complexity index is 158. The maximum atomic E-state index is 12.7. The quantitative estimate of drug-likeness (QED) is 0.317. The van der Waals surface area contributed by atoms with Crippen molar-refractivity contribution in [3.05, 3.63) is 0 Å². The summed E-state index contributed by atoms with van der Waals surface area (Å²) in [5.74, 6) is 0. The lowest BCUT2D eigenvalue weighted by Gasteiger charge is -2.15. The van der Waals surface area contributed by atoms with Crippen molar-refractivity contribution < 1.29 is 8.78 Å². The van der Waals surface area contributed by atoms with Crippen LogP contribution in [0.5, 0.6) is 0 Å². The largest absolute Gasteiger partial charge is 0.313 e. The Morgan fingerprint density at radius 2 is 1.38 bits per heavy atom. The van der Waals surface area contributed by atoms with Crippen molar-refractivity contribution in [2.24, 2.45) is 0 Å². The Hall–Kier alpha value is 0.820. The zero-order chi connectivity index (χ0) is 12.4. The molecule has 0 aliphatic rings. The Kier molecular flexibility index (Phi) is 10.3. The van der Waals surface area contributed by atoms with E-state index in [0.717, 1.165) is 12.8 Å². The van der Waals surface area contributed by atoms with E-state index in [4.69, 9.17) is 0 Å². The van der Waals surface area contributed by atoms with Crippen molar-refractivity contribution in [3.8, 4) is 0 Å². The van der Waals surface area contributed by atoms with Crippen LogP contribution in [0.1, 0.15) is 64.7 Å². The molecule has 0 saturated heterocycles. The van der Waals surface area contributed by atoms with Crippen molar-refractivity contribution in [2.75, 3.05) is 0 Å². The topological polar surface area (TPSA) is 0 Å². The first-order valence-corrected chi connectivity index (χ1v) is 7.90. The summed E-state index contributed by atoms with van der Waals surface area (Å²) in [6.07, 6.45) is 10.1. The van der Waals surface area contributed by atoms with E-state index in [-0.39, 0.29) is 0 Å². The van der Waals surface area contributed by atoms with E-state index in [9.17, 15) is 8.78 Å². The standard InChI is InChI=1S/C12H22Br2F2/c1-2-3-4-5-6-7-8-9-10-11(13)12(14,15)16/h11H,2-10H2,1H3. The number of rotatable bonds is 10. The fraction of sp³-hybridized carbons (Fsp3) is 1.00. The predicted octanol–water partition coefficient (Wildman–Crippen LogP) is 6.27. The molecule has 0 rings (SSSR count). The molecule has 0 bridgehead atoms. The van der Waals surface area contributed by atoms with Gasteiger partial charge in [-0.1, -0.05) is 74.2 Å². The van der Waals surface area contributed by atoms with Gasteiger partial charge in [-0.25, -0.2) is 0 Å². The fourth-order valence-corrected chi connectivity index (χ4v) is 2.17. The minimum Gasteiger partial charge on any atom is -0.193 e. The summed E-state index contributed by atoms with van der Waals surface area (Å²) in [7, 11) is 0. The van der Waals surface area contributed by atoms with Crippen molar-refractivity contribution in [1.82, 2.24) is 0 Å². The lowest BCUT2D eigenvalue weighted by Crippen LogP contribution is -2.20. The SMILES string of the molecule is CCCCCCCCCCC(Br)C(F)(F)Br.